The van der Waals surface area contributed by atoms with E-state index >= 15 is 0 Å². The van der Waals surface area contributed by atoms with Crippen molar-refractivity contribution in [3.63, 3.8) is 0 Å². The molecule has 1 aromatic rings. The summed E-state index contributed by atoms with van der Waals surface area (Å²) in [6.07, 6.45) is 1.69. The number of benzene rings is 1. The van der Waals surface area contributed by atoms with E-state index in [1.165, 1.54) is 12.1 Å². The van der Waals surface area contributed by atoms with Crippen LogP contribution >= 0.6 is 0 Å². The first-order valence-corrected chi connectivity index (χ1v) is 7.19. The molecule has 0 spiro atoms. The smallest absolute Gasteiger partial charge is 0.307 e. The van der Waals surface area contributed by atoms with Crippen molar-refractivity contribution in [3.8, 4) is 0 Å². The lowest BCUT2D eigenvalue weighted by molar-refractivity contribution is -0.144. The van der Waals surface area contributed by atoms with E-state index in [0.29, 0.717) is 12.6 Å². The Hall–Kier alpha value is -1.42. The van der Waals surface area contributed by atoms with Gasteiger partial charge in [0.05, 0.1) is 5.92 Å². The Bertz CT molecular complexity index is 460. The van der Waals surface area contributed by atoms with Crippen LogP contribution in [0.2, 0.25) is 0 Å². The average molecular weight is 279 g/mol. The number of likely N-dealkylation sites (tertiary alicyclic amines) is 1. The number of halogens is 1. The Morgan fingerprint density at radius 1 is 1.40 bits per heavy atom. The van der Waals surface area contributed by atoms with Crippen molar-refractivity contribution in [1.29, 1.82) is 0 Å². The van der Waals surface area contributed by atoms with Crippen LogP contribution in [0.4, 0.5) is 4.39 Å². The van der Waals surface area contributed by atoms with E-state index in [0.717, 1.165) is 24.9 Å². The number of piperidine rings is 1. The van der Waals surface area contributed by atoms with Gasteiger partial charge in [0, 0.05) is 19.1 Å². The van der Waals surface area contributed by atoms with Crippen LogP contribution < -0.4 is 0 Å². The van der Waals surface area contributed by atoms with E-state index < -0.39 is 5.97 Å². The van der Waals surface area contributed by atoms with Crippen LogP contribution in [0.5, 0.6) is 0 Å². The van der Waals surface area contributed by atoms with Crippen LogP contribution in [0.1, 0.15) is 38.2 Å². The second-order valence-electron chi connectivity index (χ2n) is 5.87. The van der Waals surface area contributed by atoms with Crippen molar-refractivity contribution in [1.82, 2.24) is 4.90 Å². The first-order chi connectivity index (χ1) is 9.47. The number of carboxylic acid groups (broad SMARTS) is 1. The second-order valence-corrected chi connectivity index (χ2v) is 5.87. The number of hydrogen-bond acceptors (Lipinski definition) is 2. The molecule has 0 bridgehead atoms. The minimum absolute atomic E-state index is 0.224. The summed E-state index contributed by atoms with van der Waals surface area (Å²) in [5.41, 5.74) is 1.09. The van der Waals surface area contributed by atoms with Crippen LogP contribution in [0.15, 0.2) is 24.3 Å². The lowest BCUT2D eigenvalue weighted by atomic mass is 9.91. The number of carbonyl (C=O) groups is 1. The fourth-order valence-corrected chi connectivity index (χ4v) is 2.88. The number of nitrogens with zero attached hydrogens (tertiary/aromatic N) is 1. The van der Waals surface area contributed by atoms with Crippen molar-refractivity contribution in [2.24, 2.45) is 5.92 Å². The Balaban J connectivity index is 2.00. The zero-order valence-electron chi connectivity index (χ0n) is 12.1. The first-order valence-electron chi connectivity index (χ1n) is 7.19. The highest BCUT2D eigenvalue weighted by atomic mass is 19.1. The molecule has 0 aromatic heterocycles. The van der Waals surface area contributed by atoms with Crippen molar-refractivity contribution in [2.75, 3.05) is 13.1 Å². The predicted octanol–water partition coefficient (Wildman–Crippen LogP) is 3.11. The molecule has 3 unspecified atom stereocenters. The van der Waals surface area contributed by atoms with E-state index in [2.05, 4.69) is 18.7 Å². The first kappa shape index (κ1) is 15.0. The van der Waals surface area contributed by atoms with Crippen LogP contribution in [0.25, 0.3) is 0 Å². The summed E-state index contributed by atoms with van der Waals surface area (Å²) in [5, 5.41) is 9.16. The molecule has 1 saturated heterocycles. The SMILES string of the molecule is CC(CN1CC(C(=O)O)CCC1C)c1ccc(F)cc1. The van der Waals surface area contributed by atoms with E-state index in [1.807, 2.05) is 12.1 Å². The number of aliphatic carboxylic acids is 1. The van der Waals surface area contributed by atoms with Gasteiger partial charge in [-0.3, -0.25) is 9.69 Å². The molecule has 3 nitrogen and oxygen atoms in total. The van der Waals surface area contributed by atoms with Gasteiger partial charge in [-0.2, -0.15) is 0 Å². The summed E-state index contributed by atoms with van der Waals surface area (Å²) in [5.74, 6) is -0.910. The van der Waals surface area contributed by atoms with Crippen molar-refractivity contribution >= 4 is 5.97 Å². The van der Waals surface area contributed by atoms with Gasteiger partial charge in [-0.05, 0) is 43.4 Å². The number of rotatable bonds is 4. The normalized spacial score (nSPS) is 25.4. The zero-order chi connectivity index (χ0) is 14.7. The second kappa shape index (κ2) is 6.35. The lowest BCUT2D eigenvalue weighted by Crippen LogP contribution is -2.45. The minimum atomic E-state index is -0.698. The summed E-state index contributed by atoms with van der Waals surface area (Å²) in [7, 11) is 0. The molecule has 0 aliphatic carbocycles. The highest BCUT2D eigenvalue weighted by molar-refractivity contribution is 5.70. The molecule has 20 heavy (non-hydrogen) atoms. The highest BCUT2D eigenvalue weighted by Crippen LogP contribution is 2.25. The molecule has 1 aliphatic heterocycles. The largest absolute Gasteiger partial charge is 0.481 e. The van der Waals surface area contributed by atoms with Gasteiger partial charge in [-0.1, -0.05) is 19.1 Å². The molecule has 1 N–H and O–H groups in total. The fourth-order valence-electron chi connectivity index (χ4n) is 2.88. The lowest BCUT2D eigenvalue weighted by Gasteiger charge is -2.38. The predicted molar refractivity (Wildman–Crippen MR) is 76.2 cm³/mol. The van der Waals surface area contributed by atoms with Crippen molar-refractivity contribution in [3.05, 3.63) is 35.6 Å². The zero-order valence-corrected chi connectivity index (χ0v) is 12.1. The molecule has 1 aliphatic rings. The van der Waals surface area contributed by atoms with E-state index in [9.17, 15) is 9.18 Å². The Morgan fingerprint density at radius 3 is 2.65 bits per heavy atom. The van der Waals surface area contributed by atoms with Gasteiger partial charge in [0.2, 0.25) is 0 Å². The van der Waals surface area contributed by atoms with Gasteiger partial charge in [-0.15, -0.1) is 0 Å². The van der Waals surface area contributed by atoms with Gasteiger partial charge in [0.1, 0.15) is 5.82 Å². The highest BCUT2D eigenvalue weighted by Gasteiger charge is 2.30. The van der Waals surface area contributed by atoms with Gasteiger partial charge in [0.15, 0.2) is 0 Å². The molecule has 2 rings (SSSR count). The third-order valence-electron chi connectivity index (χ3n) is 4.31. The molecule has 4 heteroatoms. The van der Waals surface area contributed by atoms with Crippen molar-refractivity contribution < 1.29 is 14.3 Å². The molecule has 0 radical (unpaired) electrons. The summed E-state index contributed by atoms with van der Waals surface area (Å²) in [6.45, 7) is 5.68. The average Bonchev–Trinajstić information content (AvgIpc) is 2.41. The Labute approximate surface area is 119 Å². The summed E-state index contributed by atoms with van der Waals surface area (Å²) < 4.78 is 12.9. The van der Waals surface area contributed by atoms with Crippen LogP contribution in [0, 0.1) is 11.7 Å². The quantitative estimate of drug-likeness (QED) is 0.920. The Morgan fingerprint density at radius 2 is 2.05 bits per heavy atom. The van der Waals surface area contributed by atoms with Crippen LogP contribution in [-0.4, -0.2) is 35.1 Å². The summed E-state index contributed by atoms with van der Waals surface area (Å²) in [6, 6.07) is 6.98. The van der Waals surface area contributed by atoms with Gasteiger partial charge in [0.25, 0.3) is 0 Å². The molecule has 1 aromatic carbocycles. The molecule has 0 amide bonds. The van der Waals surface area contributed by atoms with Crippen LogP contribution in [-0.2, 0) is 4.79 Å². The summed E-state index contributed by atoms with van der Waals surface area (Å²) >= 11 is 0. The molecule has 1 fully saturated rings. The van der Waals surface area contributed by atoms with Gasteiger partial charge in [-0.25, -0.2) is 4.39 Å². The van der Waals surface area contributed by atoms with E-state index in [4.69, 9.17) is 5.11 Å². The molecule has 3 atom stereocenters. The minimum Gasteiger partial charge on any atom is -0.481 e. The maximum absolute atomic E-state index is 12.9. The third-order valence-corrected chi connectivity index (χ3v) is 4.31. The topological polar surface area (TPSA) is 40.5 Å². The Kier molecular flexibility index (Phi) is 4.76. The number of carboxylic acids is 1. The molecule has 0 saturated carbocycles. The van der Waals surface area contributed by atoms with Gasteiger partial charge < -0.3 is 5.11 Å². The molecular weight excluding hydrogens is 257 g/mol. The molecular formula is C16H22FNO2. The molecule has 1 heterocycles. The van der Waals surface area contributed by atoms with Crippen LogP contribution in [0.3, 0.4) is 0 Å². The molecule has 110 valence electrons. The fraction of sp³-hybridized carbons (Fsp3) is 0.562. The maximum Gasteiger partial charge on any atom is 0.307 e. The monoisotopic (exact) mass is 279 g/mol. The van der Waals surface area contributed by atoms with E-state index in [-0.39, 0.29) is 17.7 Å². The van der Waals surface area contributed by atoms with Gasteiger partial charge >= 0.3 is 5.97 Å². The van der Waals surface area contributed by atoms with E-state index in [1.54, 1.807) is 0 Å². The standard InChI is InChI=1S/C16H22FNO2/c1-11(13-5-7-15(17)8-6-13)9-18-10-14(16(19)20)4-3-12(18)2/h5-8,11-12,14H,3-4,9-10H2,1-2H3,(H,19,20). The summed E-state index contributed by atoms with van der Waals surface area (Å²) in [4.78, 5) is 13.4. The number of hydrogen-bond donors (Lipinski definition) is 1. The third kappa shape index (κ3) is 3.57. The van der Waals surface area contributed by atoms with Crippen molar-refractivity contribution in [2.45, 2.75) is 38.6 Å². The maximum atomic E-state index is 12.9.